The number of ether oxygens (including phenoxy) is 1. The first kappa shape index (κ1) is 19.1. The quantitative estimate of drug-likeness (QED) is 0.461. The van der Waals surface area contributed by atoms with Crippen molar-refractivity contribution in [3.8, 4) is 26.8 Å². The third-order valence-electron chi connectivity index (χ3n) is 3.31. The maximum Gasteiger partial charge on any atom is 0.270 e. The third-order valence-corrected chi connectivity index (χ3v) is 5.22. The fourth-order valence-electron chi connectivity index (χ4n) is 2.30. The lowest BCUT2D eigenvalue weighted by Gasteiger charge is -2.08. The average Bonchev–Trinajstić information content (AvgIpc) is 3.08. The summed E-state index contributed by atoms with van der Waals surface area (Å²) < 4.78 is 5.35. The molecule has 1 aromatic carbocycles. The van der Waals surface area contributed by atoms with E-state index in [1.165, 1.54) is 41.9 Å². The highest BCUT2D eigenvalue weighted by Gasteiger charge is 2.22. The minimum absolute atomic E-state index is 0. The van der Waals surface area contributed by atoms with Gasteiger partial charge in [-0.05, 0) is 13.0 Å². The van der Waals surface area contributed by atoms with Crippen LogP contribution >= 0.6 is 39.7 Å². The van der Waals surface area contributed by atoms with Crippen molar-refractivity contribution in [3.05, 3.63) is 34.0 Å². The molecule has 8 nitrogen and oxygen atoms in total. The van der Waals surface area contributed by atoms with Gasteiger partial charge < -0.3 is 16.2 Å². The number of anilines is 2. The molecule has 3 rings (SSSR count). The summed E-state index contributed by atoms with van der Waals surface area (Å²) in [4.78, 5) is 20.7. The first-order valence-electron chi connectivity index (χ1n) is 6.73. The number of rotatable bonds is 4. The second kappa shape index (κ2) is 7.33. The Labute approximate surface area is 161 Å². The Balaban J connectivity index is 0.00000225. The SMILES string of the molecule is Br.COc1ccc([N+](=O)[O-])cc1-c1sc(N)nc1-c1sc(N)nc1C. The second-order valence-corrected chi connectivity index (χ2v) is 6.90. The Morgan fingerprint density at radius 1 is 1.16 bits per heavy atom. The summed E-state index contributed by atoms with van der Waals surface area (Å²) in [6.07, 6.45) is 0. The summed E-state index contributed by atoms with van der Waals surface area (Å²) in [5, 5.41) is 11.9. The van der Waals surface area contributed by atoms with Crippen LogP contribution in [0.1, 0.15) is 5.69 Å². The van der Waals surface area contributed by atoms with Crippen molar-refractivity contribution < 1.29 is 9.66 Å². The summed E-state index contributed by atoms with van der Waals surface area (Å²) in [5.74, 6) is 0.501. The van der Waals surface area contributed by atoms with Gasteiger partial charge in [0.15, 0.2) is 10.3 Å². The van der Waals surface area contributed by atoms with E-state index in [1.54, 1.807) is 6.07 Å². The predicted molar refractivity (Wildman–Crippen MR) is 106 cm³/mol. The van der Waals surface area contributed by atoms with E-state index in [4.69, 9.17) is 16.2 Å². The Bertz CT molecular complexity index is 941. The summed E-state index contributed by atoms with van der Waals surface area (Å²) in [6, 6.07) is 4.40. The van der Waals surface area contributed by atoms with Gasteiger partial charge in [-0.3, -0.25) is 10.1 Å². The largest absolute Gasteiger partial charge is 0.496 e. The number of halogens is 1. The van der Waals surface area contributed by atoms with Gasteiger partial charge in [0.1, 0.15) is 11.4 Å². The van der Waals surface area contributed by atoms with E-state index in [2.05, 4.69) is 9.97 Å². The van der Waals surface area contributed by atoms with Gasteiger partial charge in [0.05, 0.1) is 27.5 Å². The monoisotopic (exact) mass is 443 g/mol. The molecule has 0 aliphatic carbocycles. The van der Waals surface area contributed by atoms with Crippen molar-refractivity contribution in [2.24, 2.45) is 0 Å². The molecule has 2 aromatic heterocycles. The van der Waals surface area contributed by atoms with Crippen LogP contribution in [0.15, 0.2) is 18.2 Å². The lowest BCUT2D eigenvalue weighted by Crippen LogP contribution is -1.92. The van der Waals surface area contributed by atoms with Crippen molar-refractivity contribution in [3.63, 3.8) is 0 Å². The molecule has 0 radical (unpaired) electrons. The van der Waals surface area contributed by atoms with Crippen molar-refractivity contribution >= 4 is 55.6 Å². The summed E-state index contributed by atoms with van der Waals surface area (Å²) in [5.41, 5.74) is 13.5. The lowest BCUT2D eigenvalue weighted by molar-refractivity contribution is -0.384. The highest BCUT2D eigenvalue weighted by Crippen LogP contribution is 2.45. The molecule has 4 N–H and O–H groups in total. The number of nitrogens with two attached hydrogens (primary N) is 2. The van der Waals surface area contributed by atoms with Crippen molar-refractivity contribution in [2.45, 2.75) is 6.92 Å². The van der Waals surface area contributed by atoms with E-state index in [0.717, 1.165) is 10.6 Å². The first-order valence-corrected chi connectivity index (χ1v) is 8.36. The van der Waals surface area contributed by atoms with Crippen molar-refractivity contribution in [1.29, 1.82) is 0 Å². The molecule has 0 atom stereocenters. The zero-order valence-electron chi connectivity index (χ0n) is 13.2. The highest BCUT2D eigenvalue weighted by atomic mass is 79.9. The van der Waals surface area contributed by atoms with Gasteiger partial charge in [0, 0.05) is 17.7 Å². The van der Waals surface area contributed by atoms with Gasteiger partial charge in [-0.15, -0.1) is 17.0 Å². The second-order valence-electron chi connectivity index (χ2n) is 4.84. The number of aromatic nitrogens is 2. The number of nitro benzene ring substituents is 1. The normalized spacial score (nSPS) is 10.3. The van der Waals surface area contributed by atoms with E-state index in [1.807, 2.05) is 6.92 Å². The Kier molecular flexibility index (Phi) is 5.60. The smallest absolute Gasteiger partial charge is 0.270 e. The minimum atomic E-state index is -0.455. The molecule has 0 amide bonds. The van der Waals surface area contributed by atoms with Gasteiger partial charge >= 0.3 is 0 Å². The highest BCUT2D eigenvalue weighted by molar-refractivity contribution is 8.93. The molecule has 2 heterocycles. The summed E-state index contributed by atoms with van der Waals surface area (Å²) >= 11 is 2.53. The number of hydrogen-bond donors (Lipinski definition) is 2. The molecule has 3 aromatic rings. The molecule has 0 unspecified atom stereocenters. The molecule has 0 saturated heterocycles. The molecule has 0 fully saturated rings. The zero-order valence-corrected chi connectivity index (χ0v) is 16.5. The van der Waals surface area contributed by atoms with Crippen molar-refractivity contribution in [1.82, 2.24) is 9.97 Å². The fourth-order valence-corrected chi connectivity index (χ4v) is 4.05. The number of nitro groups is 1. The third kappa shape index (κ3) is 3.57. The van der Waals surface area contributed by atoms with Crippen LogP contribution in [0.4, 0.5) is 16.0 Å². The van der Waals surface area contributed by atoms with E-state index >= 15 is 0 Å². The van der Waals surface area contributed by atoms with Gasteiger partial charge in [-0.1, -0.05) is 22.7 Å². The molecule has 132 valence electrons. The van der Waals surface area contributed by atoms with Gasteiger partial charge in [-0.2, -0.15) is 0 Å². The lowest BCUT2D eigenvalue weighted by atomic mass is 10.1. The number of methoxy groups -OCH3 is 1. The van der Waals surface area contributed by atoms with Crippen LogP contribution < -0.4 is 16.2 Å². The van der Waals surface area contributed by atoms with E-state index in [0.29, 0.717) is 32.1 Å². The standard InChI is InChI=1S/C14H13N5O3S2.BrH/c1-6-11(23-13(15)17-6)10-12(24-14(16)18-10)8-5-7(19(20)21)3-4-9(8)22-2;/h3-5H,1-2H3,(H2,15,17)(H2,16,18);1H. The van der Waals surface area contributed by atoms with E-state index in [9.17, 15) is 10.1 Å². The van der Waals surface area contributed by atoms with Crippen LogP contribution in [0, 0.1) is 17.0 Å². The molecule has 0 bridgehead atoms. The van der Waals surface area contributed by atoms with Gasteiger partial charge in [0.25, 0.3) is 5.69 Å². The van der Waals surface area contributed by atoms with Gasteiger partial charge in [0.2, 0.25) is 0 Å². The van der Waals surface area contributed by atoms with Crippen LogP contribution in [-0.2, 0) is 0 Å². The minimum Gasteiger partial charge on any atom is -0.496 e. The van der Waals surface area contributed by atoms with Crippen LogP contribution in [0.2, 0.25) is 0 Å². The first-order chi connectivity index (χ1) is 11.4. The fraction of sp³-hybridized carbons (Fsp3) is 0.143. The molecule has 25 heavy (non-hydrogen) atoms. The van der Waals surface area contributed by atoms with Crippen LogP contribution in [0.3, 0.4) is 0 Å². The van der Waals surface area contributed by atoms with Crippen LogP contribution in [0.25, 0.3) is 21.0 Å². The Morgan fingerprint density at radius 2 is 1.80 bits per heavy atom. The number of benzene rings is 1. The maximum atomic E-state index is 11.1. The Hall–Kier alpha value is -2.24. The number of aryl methyl sites for hydroxylation is 1. The molecular weight excluding hydrogens is 430 g/mol. The Morgan fingerprint density at radius 3 is 2.36 bits per heavy atom. The number of thiazole rings is 2. The molecule has 0 aliphatic rings. The molecule has 0 spiro atoms. The topological polar surface area (TPSA) is 130 Å². The average molecular weight is 444 g/mol. The van der Waals surface area contributed by atoms with E-state index < -0.39 is 4.92 Å². The summed E-state index contributed by atoms with van der Waals surface area (Å²) in [6.45, 7) is 1.83. The van der Waals surface area contributed by atoms with Gasteiger partial charge in [-0.25, -0.2) is 9.97 Å². The van der Waals surface area contributed by atoms with E-state index in [-0.39, 0.29) is 22.7 Å². The number of non-ortho nitro benzene ring substituents is 1. The molecule has 0 aliphatic heterocycles. The van der Waals surface area contributed by atoms with Crippen LogP contribution in [-0.4, -0.2) is 22.0 Å². The molecular formula is C14H14BrN5O3S2. The predicted octanol–water partition coefficient (Wildman–Crippen LogP) is 3.90. The maximum absolute atomic E-state index is 11.1. The zero-order chi connectivity index (χ0) is 17.4. The molecule has 11 heteroatoms. The summed E-state index contributed by atoms with van der Waals surface area (Å²) in [7, 11) is 1.50. The number of nitrogens with zero attached hydrogens (tertiary/aromatic N) is 3. The number of nitrogen functional groups attached to an aromatic ring is 2. The van der Waals surface area contributed by atoms with Crippen LogP contribution in [0.5, 0.6) is 5.75 Å². The number of hydrogen-bond acceptors (Lipinski definition) is 9. The van der Waals surface area contributed by atoms with Crippen molar-refractivity contribution in [2.75, 3.05) is 18.6 Å². The molecule has 0 saturated carbocycles.